The van der Waals surface area contributed by atoms with Gasteiger partial charge in [-0.15, -0.1) is 0 Å². The number of aromatic carboxylic acids is 1. The van der Waals surface area contributed by atoms with E-state index in [-0.39, 0.29) is 67.8 Å². The highest BCUT2D eigenvalue weighted by Gasteiger charge is 2.26. The van der Waals surface area contributed by atoms with Gasteiger partial charge in [-0.05, 0) is 97.4 Å². The SMILES string of the molecule is COc1c(NC(=O)c2ccc(NC(=O)c3ccc(NC(=O)[C@H](CC#N)NC(=O)c4ccc(NC(=O)c5c(C)c6ccc(O)cc6oc5=O)cc4)cc3)c(OC)c2O)ccc(C(=O)O)c1O. The van der Waals surface area contributed by atoms with Gasteiger partial charge in [0, 0.05) is 34.0 Å². The van der Waals surface area contributed by atoms with Crippen LogP contribution in [0.15, 0.2) is 100 Å². The van der Waals surface area contributed by atoms with E-state index in [0.717, 1.165) is 13.2 Å². The lowest BCUT2D eigenvalue weighted by Crippen LogP contribution is -2.43. The van der Waals surface area contributed by atoms with Crippen LogP contribution in [0.3, 0.4) is 0 Å². The predicted octanol–water partition coefficient (Wildman–Crippen LogP) is 5.34. The van der Waals surface area contributed by atoms with Crippen LogP contribution in [0.5, 0.6) is 28.7 Å². The number of fused-ring (bicyclic) bond motifs is 1. The first-order valence-electron chi connectivity index (χ1n) is 19.0. The quantitative estimate of drug-likeness (QED) is 0.0624. The molecule has 1 atom stereocenters. The number of carbonyl (C=O) groups excluding carboxylic acids is 5. The first kappa shape index (κ1) is 45.2. The van der Waals surface area contributed by atoms with Crippen molar-refractivity contribution in [3.63, 3.8) is 0 Å². The highest BCUT2D eigenvalue weighted by Crippen LogP contribution is 2.40. The molecule has 0 radical (unpaired) electrons. The van der Waals surface area contributed by atoms with Crippen LogP contribution in [0.2, 0.25) is 0 Å². The number of phenols is 3. The number of hydrogen-bond acceptors (Lipinski definition) is 14. The third-order valence-corrected chi connectivity index (χ3v) is 9.76. The number of carboxylic acids is 1. The molecule has 1 aromatic heterocycles. The number of aryl methyl sites for hydroxylation is 1. The average molecular weight is 885 g/mol. The number of methoxy groups -OCH3 is 2. The third-order valence-electron chi connectivity index (χ3n) is 9.76. The van der Waals surface area contributed by atoms with E-state index in [2.05, 4.69) is 26.6 Å². The molecule has 0 aliphatic carbocycles. The second-order valence-corrected chi connectivity index (χ2v) is 13.9. The summed E-state index contributed by atoms with van der Waals surface area (Å²) in [6.07, 6.45) is -0.410. The lowest BCUT2D eigenvalue weighted by atomic mass is 10.1. The Bertz CT molecular complexity index is 3010. The normalized spacial score (nSPS) is 11.0. The molecule has 0 saturated heterocycles. The zero-order chi connectivity index (χ0) is 47.1. The number of nitrogens with one attached hydrogen (secondary N) is 5. The Hall–Kier alpha value is -9.38. The Labute approximate surface area is 366 Å². The molecule has 0 aliphatic rings. The summed E-state index contributed by atoms with van der Waals surface area (Å²) in [7, 11) is 2.33. The number of carbonyl (C=O) groups is 6. The maximum absolute atomic E-state index is 13.2. The van der Waals surface area contributed by atoms with Crippen molar-refractivity contribution in [2.75, 3.05) is 35.5 Å². The minimum Gasteiger partial charge on any atom is -0.508 e. The van der Waals surface area contributed by atoms with Gasteiger partial charge in [-0.3, -0.25) is 24.0 Å². The summed E-state index contributed by atoms with van der Waals surface area (Å²) < 4.78 is 15.5. The van der Waals surface area contributed by atoms with Gasteiger partial charge in [-0.2, -0.15) is 5.26 Å². The molecule has 0 spiro atoms. The van der Waals surface area contributed by atoms with E-state index in [1.54, 1.807) is 6.92 Å². The van der Waals surface area contributed by atoms with E-state index < -0.39 is 70.7 Å². The van der Waals surface area contributed by atoms with Gasteiger partial charge in [-0.1, -0.05) is 0 Å². The van der Waals surface area contributed by atoms with Gasteiger partial charge in [0.15, 0.2) is 23.0 Å². The minimum absolute atomic E-state index is 0.0344. The molecule has 65 heavy (non-hydrogen) atoms. The van der Waals surface area contributed by atoms with Crippen LogP contribution >= 0.6 is 0 Å². The molecular formula is C45H36N6O14. The average Bonchev–Trinajstić information content (AvgIpc) is 3.26. The zero-order valence-corrected chi connectivity index (χ0v) is 34.3. The number of nitriles is 1. The number of hydrogen-bond donors (Lipinski definition) is 9. The van der Waals surface area contributed by atoms with Crippen molar-refractivity contribution in [2.45, 2.75) is 19.4 Å². The molecule has 0 unspecified atom stereocenters. The van der Waals surface area contributed by atoms with E-state index in [1.165, 1.54) is 92.0 Å². The number of anilines is 4. The number of nitrogens with zero attached hydrogens (tertiary/aromatic N) is 1. The Morgan fingerprint density at radius 3 is 1.78 bits per heavy atom. The van der Waals surface area contributed by atoms with Crippen LogP contribution < -0.4 is 41.7 Å². The molecule has 5 amide bonds. The molecule has 1 heterocycles. The molecule has 0 aliphatic heterocycles. The van der Waals surface area contributed by atoms with Gasteiger partial charge in [0.2, 0.25) is 5.91 Å². The standard InChI is InChI=1S/C45H36N6O14/c1-21-27-13-12-26(52)20-33(27)65-45(62)34(21)43(59)48-25-10-6-23(7-11-25)40(56)51-32(18-19-46)42(58)47-24-8-4-22(5-9-24)39(55)49-30-16-14-28(35(53)37(30)63-2)41(57)50-31-17-15-29(44(60)61)36(54)38(31)64-3/h4-17,20,32,52-54H,18H2,1-3H3,(H,47,58)(H,48,59)(H,49,55)(H,50,57)(H,51,56)(H,60,61)/t32-/m0/s1. The largest absolute Gasteiger partial charge is 0.508 e. The first-order chi connectivity index (χ1) is 31.0. The number of carboxylic acid groups (broad SMARTS) is 1. The molecule has 0 bridgehead atoms. The molecule has 5 aromatic carbocycles. The summed E-state index contributed by atoms with van der Waals surface area (Å²) in [6.45, 7) is 1.56. The number of amides is 5. The van der Waals surface area contributed by atoms with Crippen molar-refractivity contribution in [1.29, 1.82) is 5.26 Å². The molecule has 9 N–H and O–H groups in total. The Morgan fingerprint density at radius 1 is 0.677 bits per heavy atom. The number of rotatable bonds is 14. The van der Waals surface area contributed by atoms with E-state index in [9.17, 15) is 59.2 Å². The van der Waals surface area contributed by atoms with Crippen LogP contribution in [0.4, 0.5) is 22.7 Å². The molecule has 0 fully saturated rings. The maximum atomic E-state index is 13.2. The van der Waals surface area contributed by atoms with Crippen molar-refractivity contribution >= 4 is 69.2 Å². The molecule has 0 saturated carbocycles. The highest BCUT2D eigenvalue weighted by molar-refractivity contribution is 6.11. The lowest BCUT2D eigenvalue weighted by molar-refractivity contribution is -0.117. The van der Waals surface area contributed by atoms with Gasteiger partial charge >= 0.3 is 11.6 Å². The lowest BCUT2D eigenvalue weighted by Gasteiger charge is -2.17. The summed E-state index contributed by atoms with van der Waals surface area (Å²) in [4.78, 5) is 89.7. The second-order valence-electron chi connectivity index (χ2n) is 13.9. The van der Waals surface area contributed by atoms with E-state index in [0.29, 0.717) is 10.9 Å². The summed E-state index contributed by atoms with van der Waals surface area (Å²) >= 11 is 0. The summed E-state index contributed by atoms with van der Waals surface area (Å²) in [5.74, 6) is -7.40. The van der Waals surface area contributed by atoms with Crippen LogP contribution in [-0.4, -0.2) is 76.2 Å². The summed E-state index contributed by atoms with van der Waals surface area (Å²) in [6, 6.07) is 20.4. The molecule has 6 rings (SSSR count). The number of phenolic OH excluding ortho intramolecular Hbond substituents is 2. The van der Waals surface area contributed by atoms with Crippen molar-refractivity contribution in [3.8, 4) is 34.8 Å². The molecule has 20 heteroatoms. The summed E-state index contributed by atoms with van der Waals surface area (Å²) in [5.41, 5.74) is -1.07. The van der Waals surface area contributed by atoms with Crippen molar-refractivity contribution < 1.29 is 63.1 Å². The smallest absolute Gasteiger partial charge is 0.349 e. The Morgan fingerprint density at radius 2 is 1.22 bits per heavy atom. The zero-order valence-electron chi connectivity index (χ0n) is 34.3. The van der Waals surface area contributed by atoms with Crippen molar-refractivity contribution in [3.05, 3.63) is 135 Å². The molecule has 6 aromatic rings. The fraction of sp³-hybridized carbons (Fsp3) is 0.111. The van der Waals surface area contributed by atoms with Gasteiger partial charge in [-0.25, -0.2) is 9.59 Å². The maximum Gasteiger partial charge on any atom is 0.349 e. The van der Waals surface area contributed by atoms with Gasteiger partial charge < -0.3 is 60.9 Å². The Kier molecular flexibility index (Phi) is 13.3. The molecule has 20 nitrogen and oxygen atoms in total. The van der Waals surface area contributed by atoms with E-state index in [4.69, 9.17) is 13.9 Å². The van der Waals surface area contributed by atoms with E-state index in [1.807, 2.05) is 6.07 Å². The fourth-order valence-corrected chi connectivity index (χ4v) is 6.47. The van der Waals surface area contributed by atoms with Gasteiger partial charge in [0.05, 0.1) is 43.6 Å². The third kappa shape index (κ3) is 9.74. The highest BCUT2D eigenvalue weighted by atomic mass is 16.5. The van der Waals surface area contributed by atoms with Crippen molar-refractivity contribution in [2.24, 2.45) is 0 Å². The van der Waals surface area contributed by atoms with Gasteiger partial charge in [0.1, 0.15) is 28.5 Å². The van der Waals surface area contributed by atoms with Crippen molar-refractivity contribution in [1.82, 2.24) is 5.32 Å². The Balaban J connectivity index is 1.06. The number of aromatic hydroxyl groups is 3. The van der Waals surface area contributed by atoms with E-state index >= 15 is 0 Å². The summed E-state index contributed by atoms with van der Waals surface area (Å²) in [5, 5.41) is 62.7. The van der Waals surface area contributed by atoms with Crippen LogP contribution in [0.1, 0.15) is 63.8 Å². The first-order valence-corrected chi connectivity index (χ1v) is 19.0. The molecular weight excluding hydrogens is 849 g/mol. The second kappa shape index (κ2) is 19.1. The number of ether oxygens (including phenoxy) is 2. The van der Waals surface area contributed by atoms with Crippen LogP contribution in [0, 0.1) is 18.3 Å². The van der Waals surface area contributed by atoms with Crippen LogP contribution in [0.25, 0.3) is 11.0 Å². The van der Waals surface area contributed by atoms with Crippen LogP contribution in [-0.2, 0) is 4.79 Å². The topological polar surface area (TPSA) is 316 Å². The molecule has 330 valence electrons. The predicted molar refractivity (Wildman–Crippen MR) is 232 cm³/mol. The fourth-order valence-electron chi connectivity index (χ4n) is 6.47. The number of benzene rings is 5. The monoisotopic (exact) mass is 884 g/mol. The minimum atomic E-state index is -1.43. The van der Waals surface area contributed by atoms with Gasteiger partial charge in [0.25, 0.3) is 23.6 Å².